The highest BCUT2D eigenvalue weighted by Gasteiger charge is 2.37. The van der Waals surface area contributed by atoms with Crippen LogP contribution in [0.5, 0.6) is 11.5 Å². The molecule has 0 saturated carbocycles. The largest absolute Gasteiger partial charge is 0.507 e. The first kappa shape index (κ1) is 13.7. The number of aromatic hydroxyl groups is 2. The molecule has 2 aliphatic heterocycles. The second-order valence-corrected chi connectivity index (χ2v) is 6.04. The zero-order valence-electron chi connectivity index (χ0n) is 12.0. The molecule has 0 amide bonds. The predicted octanol–water partition coefficient (Wildman–Crippen LogP) is 2.38. The number of nitrogens with zero attached hydrogens (tertiary/aromatic N) is 1. The SMILES string of the molecule is CC(c1c(O)cccc1O)N1CCCC1C1CCCN1. The smallest absolute Gasteiger partial charge is 0.124 e. The molecule has 1 aromatic rings. The normalized spacial score (nSPS) is 28.9. The van der Waals surface area contributed by atoms with E-state index in [0.29, 0.717) is 17.6 Å². The summed E-state index contributed by atoms with van der Waals surface area (Å²) in [7, 11) is 0. The van der Waals surface area contributed by atoms with Crippen LogP contribution in [0.25, 0.3) is 0 Å². The van der Waals surface area contributed by atoms with Gasteiger partial charge in [0.25, 0.3) is 0 Å². The van der Waals surface area contributed by atoms with E-state index in [-0.39, 0.29) is 17.5 Å². The van der Waals surface area contributed by atoms with Crippen LogP contribution in [0.2, 0.25) is 0 Å². The molecule has 0 radical (unpaired) electrons. The molecule has 4 nitrogen and oxygen atoms in total. The Balaban J connectivity index is 1.83. The summed E-state index contributed by atoms with van der Waals surface area (Å²) >= 11 is 0. The monoisotopic (exact) mass is 276 g/mol. The van der Waals surface area contributed by atoms with Crippen molar-refractivity contribution >= 4 is 0 Å². The van der Waals surface area contributed by atoms with Gasteiger partial charge in [-0.2, -0.15) is 0 Å². The van der Waals surface area contributed by atoms with Crippen molar-refractivity contribution in [2.75, 3.05) is 13.1 Å². The summed E-state index contributed by atoms with van der Waals surface area (Å²) in [5.41, 5.74) is 0.664. The third-order valence-electron chi connectivity index (χ3n) is 4.88. The van der Waals surface area contributed by atoms with E-state index in [0.717, 1.165) is 13.1 Å². The highest BCUT2D eigenvalue weighted by Crippen LogP contribution is 2.39. The van der Waals surface area contributed by atoms with Gasteiger partial charge in [0.1, 0.15) is 11.5 Å². The van der Waals surface area contributed by atoms with Crippen LogP contribution in [-0.4, -0.2) is 40.3 Å². The minimum absolute atomic E-state index is 0.0473. The number of nitrogens with one attached hydrogen (secondary N) is 1. The van der Waals surface area contributed by atoms with Crippen molar-refractivity contribution in [2.45, 2.75) is 50.7 Å². The van der Waals surface area contributed by atoms with Crippen LogP contribution in [0.1, 0.15) is 44.2 Å². The molecule has 3 N–H and O–H groups in total. The maximum Gasteiger partial charge on any atom is 0.124 e. The van der Waals surface area contributed by atoms with Crippen LogP contribution >= 0.6 is 0 Å². The summed E-state index contributed by atoms with van der Waals surface area (Å²) in [6.45, 7) is 4.24. The molecule has 4 heteroatoms. The van der Waals surface area contributed by atoms with E-state index in [9.17, 15) is 10.2 Å². The van der Waals surface area contributed by atoms with Crippen LogP contribution < -0.4 is 5.32 Å². The number of rotatable bonds is 3. The lowest BCUT2D eigenvalue weighted by Gasteiger charge is -2.35. The van der Waals surface area contributed by atoms with E-state index in [1.165, 1.54) is 25.7 Å². The number of phenolic OH excluding ortho intramolecular Hbond substituents is 2. The highest BCUT2D eigenvalue weighted by atomic mass is 16.3. The molecule has 2 fully saturated rings. The van der Waals surface area contributed by atoms with Crippen molar-refractivity contribution in [3.63, 3.8) is 0 Å². The summed E-state index contributed by atoms with van der Waals surface area (Å²) in [6, 6.07) is 6.13. The van der Waals surface area contributed by atoms with Gasteiger partial charge < -0.3 is 15.5 Å². The maximum atomic E-state index is 10.1. The fourth-order valence-electron chi connectivity index (χ4n) is 3.90. The molecule has 3 atom stereocenters. The summed E-state index contributed by atoms with van der Waals surface area (Å²) in [4.78, 5) is 2.44. The van der Waals surface area contributed by atoms with Crippen molar-refractivity contribution < 1.29 is 10.2 Å². The van der Waals surface area contributed by atoms with Crippen molar-refractivity contribution in [2.24, 2.45) is 0 Å². The second kappa shape index (κ2) is 5.62. The lowest BCUT2D eigenvalue weighted by Crippen LogP contribution is -2.44. The Morgan fingerprint density at radius 3 is 2.60 bits per heavy atom. The molecule has 0 aliphatic carbocycles. The van der Waals surface area contributed by atoms with Crippen LogP contribution in [0, 0.1) is 0 Å². The van der Waals surface area contributed by atoms with Gasteiger partial charge in [-0.3, -0.25) is 4.90 Å². The number of benzene rings is 1. The first-order valence-electron chi connectivity index (χ1n) is 7.68. The lowest BCUT2D eigenvalue weighted by molar-refractivity contribution is 0.159. The van der Waals surface area contributed by atoms with Crippen molar-refractivity contribution in [3.05, 3.63) is 23.8 Å². The molecule has 0 spiro atoms. The third-order valence-corrected chi connectivity index (χ3v) is 4.88. The standard InChI is InChI=1S/C16H24N2O2/c1-11(16-14(19)7-2-8-15(16)20)18-10-4-6-13(18)12-5-3-9-17-12/h2,7-8,11-13,17,19-20H,3-6,9-10H2,1H3. The Kier molecular flexibility index (Phi) is 3.85. The maximum absolute atomic E-state index is 10.1. The van der Waals surface area contributed by atoms with Crippen LogP contribution in [-0.2, 0) is 0 Å². The number of hydrogen-bond acceptors (Lipinski definition) is 4. The second-order valence-electron chi connectivity index (χ2n) is 6.04. The Morgan fingerprint density at radius 2 is 1.95 bits per heavy atom. The third kappa shape index (κ3) is 2.38. The molecular weight excluding hydrogens is 252 g/mol. The topological polar surface area (TPSA) is 55.7 Å². The molecule has 1 aromatic carbocycles. The van der Waals surface area contributed by atoms with E-state index in [1.807, 2.05) is 0 Å². The van der Waals surface area contributed by atoms with Gasteiger partial charge in [0.05, 0.1) is 5.56 Å². The highest BCUT2D eigenvalue weighted by molar-refractivity contribution is 5.45. The van der Waals surface area contributed by atoms with Crippen molar-refractivity contribution in [3.8, 4) is 11.5 Å². The molecule has 2 heterocycles. The van der Waals surface area contributed by atoms with Crippen molar-refractivity contribution in [1.82, 2.24) is 10.2 Å². The van der Waals surface area contributed by atoms with Gasteiger partial charge in [-0.05, 0) is 57.8 Å². The molecule has 20 heavy (non-hydrogen) atoms. The van der Waals surface area contributed by atoms with E-state index >= 15 is 0 Å². The number of hydrogen-bond donors (Lipinski definition) is 3. The molecule has 110 valence electrons. The summed E-state index contributed by atoms with van der Waals surface area (Å²) in [5, 5.41) is 23.7. The number of likely N-dealkylation sites (tertiary alicyclic amines) is 1. The molecule has 3 unspecified atom stereocenters. The summed E-state index contributed by atoms with van der Waals surface area (Å²) in [6.07, 6.45) is 4.89. The van der Waals surface area contributed by atoms with E-state index in [4.69, 9.17) is 0 Å². The van der Waals surface area contributed by atoms with Crippen molar-refractivity contribution in [1.29, 1.82) is 0 Å². The summed E-state index contributed by atoms with van der Waals surface area (Å²) in [5.74, 6) is 0.394. The first-order chi connectivity index (χ1) is 9.68. The van der Waals surface area contributed by atoms with Crippen LogP contribution in [0.4, 0.5) is 0 Å². The minimum atomic E-state index is 0.0473. The van der Waals surface area contributed by atoms with E-state index in [1.54, 1.807) is 18.2 Å². The van der Waals surface area contributed by atoms with Gasteiger partial charge in [-0.25, -0.2) is 0 Å². The average Bonchev–Trinajstić information content (AvgIpc) is 3.09. The van der Waals surface area contributed by atoms with Gasteiger partial charge in [-0.1, -0.05) is 6.07 Å². The molecule has 3 rings (SSSR count). The summed E-state index contributed by atoms with van der Waals surface area (Å²) < 4.78 is 0. The molecular formula is C16H24N2O2. The van der Waals surface area contributed by atoms with Gasteiger partial charge >= 0.3 is 0 Å². The zero-order chi connectivity index (χ0) is 14.1. The molecule has 2 aliphatic rings. The molecule has 0 aromatic heterocycles. The van der Waals surface area contributed by atoms with Crippen LogP contribution in [0.3, 0.4) is 0 Å². The fraction of sp³-hybridized carbons (Fsp3) is 0.625. The Bertz CT molecular complexity index is 451. The predicted molar refractivity (Wildman–Crippen MR) is 78.9 cm³/mol. The molecule has 2 saturated heterocycles. The molecule has 0 bridgehead atoms. The minimum Gasteiger partial charge on any atom is -0.507 e. The fourth-order valence-corrected chi connectivity index (χ4v) is 3.90. The first-order valence-corrected chi connectivity index (χ1v) is 7.68. The Morgan fingerprint density at radius 1 is 1.20 bits per heavy atom. The average molecular weight is 276 g/mol. The van der Waals surface area contributed by atoms with Gasteiger partial charge in [-0.15, -0.1) is 0 Å². The number of phenols is 2. The Hall–Kier alpha value is -1.26. The Labute approximate surface area is 120 Å². The van der Waals surface area contributed by atoms with Gasteiger partial charge in [0, 0.05) is 18.1 Å². The lowest BCUT2D eigenvalue weighted by atomic mass is 9.99. The van der Waals surface area contributed by atoms with Gasteiger partial charge in [0.15, 0.2) is 0 Å². The quantitative estimate of drug-likeness (QED) is 0.793. The van der Waals surface area contributed by atoms with Crippen LogP contribution in [0.15, 0.2) is 18.2 Å². The zero-order valence-corrected chi connectivity index (χ0v) is 12.0. The van der Waals surface area contributed by atoms with E-state index in [2.05, 4.69) is 17.1 Å². The van der Waals surface area contributed by atoms with E-state index < -0.39 is 0 Å². The van der Waals surface area contributed by atoms with Gasteiger partial charge in [0.2, 0.25) is 0 Å².